The zero-order valence-electron chi connectivity index (χ0n) is 11.2. The number of anilines is 1. The summed E-state index contributed by atoms with van der Waals surface area (Å²) in [4.78, 5) is 15.7. The van der Waals surface area contributed by atoms with E-state index in [0.717, 1.165) is 25.9 Å². The molecule has 3 nitrogen and oxygen atoms in total. The van der Waals surface area contributed by atoms with E-state index < -0.39 is 0 Å². The molecule has 2 fully saturated rings. The van der Waals surface area contributed by atoms with Gasteiger partial charge in [-0.1, -0.05) is 6.07 Å². The quantitative estimate of drug-likeness (QED) is 0.764. The Morgan fingerprint density at radius 3 is 3.00 bits per heavy atom. The highest BCUT2D eigenvalue weighted by Gasteiger charge is 2.35. The Bertz CT molecular complexity index is 491. The Kier molecular flexibility index (Phi) is 3.27. The fraction of sp³-hybridized carbons (Fsp3) is 0.533. The normalized spacial score (nSPS) is 27.4. The van der Waals surface area contributed by atoms with Crippen molar-refractivity contribution < 1.29 is 9.18 Å². The van der Waals surface area contributed by atoms with E-state index in [1.165, 1.54) is 18.9 Å². The number of nitrogens with zero attached hydrogens (tertiary/aromatic N) is 2. The van der Waals surface area contributed by atoms with Crippen LogP contribution in [0.3, 0.4) is 0 Å². The summed E-state index contributed by atoms with van der Waals surface area (Å²) in [6.45, 7) is 5.04. The summed E-state index contributed by atoms with van der Waals surface area (Å²) in [6, 6.07) is 5.48. The first kappa shape index (κ1) is 12.6. The van der Waals surface area contributed by atoms with Crippen LogP contribution in [0.15, 0.2) is 18.2 Å². The summed E-state index contributed by atoms with van der Waals surface area (Å²) in [5, 5.41) is 0. The molecule has 2 aliphatic heterocycles. The third kappa shape index (κ3) is 2.14. The summed E-state index contributed by atoms with van der Waals surface area (Å²) in [5.74, 6) is -0.289. The van der Waals surface area contributed by atoms with Crippen molar-refractivity contribution in [2.24, 2.45) is 0 Å². The van der Waals surface area contributed by atoms with Gasteiger partial charge in [-0.3, -0.25) is 9.69 Å². The third-order valence-electron chi connectivity index (χ3n) is 4.37. The van der Waals surface area contributed by atoms with Gasteiger partial charge in [-0.2, -0.15) is 0 Å². The van der Waals surface area contributed by atoms with Gasteiger partial charge >= 0.3 is 0 Å². The number of hydrogen-bond donors (Lipinski definition) is 0. The summed E-state index contributed by atoms with van der Waals surface area (Å²) in [5.41, 5.74) is 0.940. The van der Waals surface area contributed by atoms with Gasteiger partial charge in [0.25, 0.3) is 0 Å². The Labute approximate surface area is 113 Å². The summed E-state index contributed by atoms with van der Waals surface area (Å²) >= 11 is 0. The highest BCUT2D eigenvalue weighted by atomic mass is 19.1. The number of rotatable bonds is 2. The molecule has 2 atom stereocenters. The smallest absolute Gasteiger partial charge is 0.152 e. The number of para-hydroxylation sites is 1. The molecule has 2 aliphatic rings. The molecule has 0 amide bonds. The van der Waals surface area contributed by atoms with E-state index in [2.05, 4.69) is 16.7 Å². The van der Waals surface area contributed by atoms with Crippen LogP contribution in [0.5, 0.6) is 0 Å². The molecule has 0 aromatic heterocycles. The van der Waals surface area contributed by atoms with Crippen LogP contribution in [0, 0.1) is 5.82 Å². The lowest BCUT2D eigenvalue weighted by molar-refractivity contribution is 0.112. The maximum Gasteiger partial charge on any atom is 0.152 e. The maximum absolute atomic E-state index is 14.1. The second kappa shape index (κ2) is 4.93. The molecule has 19 heavy (non-hydrogen) atoms. The molecule has 1 aromatic rings. The fourth-order valence-electron chi connectivity index (χ4n) is 3.43. The highest BCUT2D eigenvalue weighted by molar-refractivity contribution is 5.85. The molecule has 4 heteroatoms. The zero-order chi connectivity index (χ0) is 13.4. The van der Waals surface area contributed by atoms with Gasteiger partial charge in [0.05, 0.1) is 5.69 Å². The number of benzene rings is 1. The zero-order valence-corrected chi connectivity index (χ0v) is 11.2. The number of hydrogen-bond acceptors (Lipinski definition) is 3. The minimum atomic E-state index is -0.289. The number of carbonyl (C=O) groups is 1. The van der Waals surface area contributed by atoms with E-state index in [1.54, 1.807) is 12.1 Å². The number of piperazine rings is 1. The first-order valence-electron chi connectivity index (χ1n) is 6.95. The van der Waals surface area contributed by atoms with Gasteiger partial charge in [0.1, 0.15) is 5.82 Å². The molecule has 2 unspecified atom stereocenters. The number of carbonyl (C=O) groups excluding carboxylic acids is 1. The molecule has 3 rings (SSSR count). The fourth-order valence-corrected chi connectivity index (χ4v) is 3.43. The first-order chi connectivity index (χ1) is 9.20. The molecular formula is C15H19FN2O. The summed E-state index contributed by atoms with van der Waals surface area (Å²) < 4.78 is 14.1. The van der Waals surface area contributed by atoms with Crippen LogP contribution in [-0.4, -0.2) is 42.9 Å². The minimum Gasteiger partial charge on any atom is -0.363 e. The number of fused-ring (bicyclic) bond motifs is 1. The van der Waals surface area contributed by atoms with Crippen LogP contribution in [0.2, 0.25) is 0 Å². The van der Waals surface area contributed by atoms with E-state index in [9.17, 15) is 9.18 Å². The molecule has 2 heterocycles. The van der Waals surface area contributed by atoms with Gasteiger partial charge in [-0.15, -0.1) is 0 Å². The van der Waals surface area contributed by atoms with Crippen molar-refractivity contribution >= 4 is 12.0 Å². The molecule has 0 bridgehead atoms. The predicted octanol–water partition coefficient (Wildman–Crippen LogP) is 2.31. The SMILES string of the molecule is CC1CN2CCCC2CN1c1c(F)cccc1C=O. The van der Waals surface area contributed by atoms with E-state index in [4.69, 9.17) is 0 Å². The Morgan fingerprint density at radius 2 is 2.21 bits per heavy atom. The van der Waals surface area contributed by atoms with Crippen LogP contribution < -0.4 is 4.90 Å². The monoisotopic (exact) mass is 262 g/mol. The van der Waals surface area contributed by atoms with Crippen LogP contribution in [0.4, 0.5) is 10.1 Å². The van der Waals surface area contributed by atoms with Crippen LogP contribution in [0.1, 0.15) is 30.1 Å². The molecule has 0 aliphatic carbocycles. The molecular weight excluding hydrogens is 243 g/mol. The second-order valence-corrected chi connectivity index (χ2v) is 5.59. The standard InChI is InChI=1S/C15H19FN2O/c1-11-8-17-7-3-5-13(17)9-18(11)15-12(10-19)4-2-6-14(15)16/h2,4,6,10-11,13H,3,5,7-9H2,1H3. The van der Waals surface area contributed by atoms with E-state index in [-0.39, 0.29) is 11.9 Å². The van der Waals surface area contributed by atoms with Crippen molar-refractivity contribution in [2.45, 2.75) is 31.8 Å². The number of aldehydes is 1. The van der Waals surface area contributed by atoms with Crippen molar-refractivity contribution in [1.29, 1.82) is 0 Å². The van der Waals surface area contributed by atoms with Crippen molar-refractivity contribution in [3.63, 3.8) is 0 Å². The molecule has 102 valence electrons. The van der Waals surface area contributed by atoms with Gasteiger partial charge in [0.15, 0.2) is 6.29 Å². The van der Waals surface area contributed by atoms with E-state index in [0.29, 0.717) is 17.3 Å². The highest BCUT2D eigenvalue weighted by Crippen LogP contribution is 2.31. The third-order valence-corrected chi connectivity index (χ3v) is 4.37. The number of halogens is 1. The first-order valence-corrected chi connectivity index (χ1v) is 6.95. The summed E-state index contributed by atoms with van der Waals surface area (Å²) in [7, 11) is 0. The van der Waals surface area contributed by atoms with Crippen LogP contribution >= 0.6 is 0 Å². The lowest BCUT2D eigenvalue weighted by Crippen LogP contribution is -2.55. The van der Waals surface area contributed by atoms with Crippen LogP contribution in [-0.2, 0) is 0 Å². The minimum absolute atomic E-state index is 0.241. The molecule has 1 aromatic carbocycles. The largest absolute Gasteiger partial charge is 0.363 e. The van der Waals surface area contributed by atoms with E-state index >= 15 is 0 Å². The van der Waals surface area contributed by atoms with E-state index in [1.807, 2.05) is 0 Å². The topological polar surface area (TPSA) is 23.6 Å². The Morgan fingerprint density at radius 1 is 1.37 bits per heavy atom. The van der Waals surface area contributed by atoms with Gasteiger partial charge < -0.3 is 4.90 Å². The maximum atomic E-state index is 14.1. The predicted molar refractivity (Wildman–Crippen MR) is 73.2 cm³/mol. The van der Waals surface area contributed by atoms with Crippen molar-refractivity contribution in [1.82, 2.24) is 4.90 Å². The van der Waals surface area contributed by atoms with Crippen molar-refractivity contribution in [2.75, 3.05) is 24.5 Å². The van der Waals surface area contributed by atoms with Crippen LogP contribution in [0.25, 0.3) is 0 Å². The van der Waals surface area contributed by atoms with Crippen molar-refractivity contribution in [3.8, 4) is 0 Å². The van der Waals surface area contributed by atoms with Gasteiger partial charge in [-0.25, -0.2) is 4.39 Å². The molecule has 0 radical (unpaired) electrons. The summed E-state index contributed by atoms with van der Waals surface area (Å²) in [6.07, 6.45) is 3.16. The lowest BCUT2D eigenvalue weighted by Gasteiger charge is -2.44. The molecule has 2 saturated heterocycles. The van der Waals surface area contributed by atoms with Crippen molar-refractivity contribution in [3.05, 3.63) is 29.6 Å². The van der Waals surface area contributed by atoms with Gasteiger partial charge in [0, 0.05) is 30.7 Å². The molecule has 0 saturated carbocycles. The van der Waals surface area contributed by atoms with Gasteiger partial charge in [-0.05, 0) is 38.4 Å². The Balaban J connectivity index is 1.95. The average Bonchev–Trinajstić information content (AvgIpc) is 2.84. The second-order valence-electron chi connectivity index (χ2n) is 5.59. The average molecular weight is 262 g/mol. The lowest BCUT2D eigenvalue weighted by atomic mass is 10.0. The van der Waals surface area contributed by atoms with Gasteiger partial charge in [0.2, 0.25) is 0 Å². The molecule has 0 spiro atoms. The Hall–Kier alpha value is -1.42. The molecule has 0 N–H and O–H groups in total.